The van der Waals surface area contributed by atoms with E-state index >= 15 is 0 Å². The maximum atomic E-state index is 10.7. The molecule has 146 valence electrons. The second-order valence-corrected chi connectivity index (χ2v) is 6.12. The largest absolute Gasteiger partial charge is 2.00 e. The van der Waals surface area contributed by atoms with Gasteiger partial charge in [-0.25, -0.2) is 0 Å². The number of aldehydes is 1. The maximum absolute atomic E-state index is 10.7. The van der Waals surface area contributed by atoms with E-state index in [1.165, 1.54) is 13.1 Å². The van der Waals surface area contributed by atoms with Gasteiger partial charge in [-0.1, -0.05) is 0 Å². The van der Waals surface area contributed by atoms with Crippen molar-refractivity contribution >= 4 is 49.0 Å². The van der Waals surface area contributed by atoms with Crippen LogP contribution >= 0.6 is 7.82 Å². The third-order valence-electron chi connectivity index (χ3n) is 2.86. The SMILES string of the molecule is Cc1ncc(COP(=O)([O-])O)c(C=O)c1O.NC(=O)CC[C@H](N)C(=O)[O-].[Mg+2]. The number of primary amides is 1. The molecule has 0 aromatic carbocycles. The van der Waals surface area contributed by atoms with Crippen molar-refractivity contribution in [2.75, 3.05) is 0 Å². The molecule has 1 aromatic heterocycles. The Bertz CT molecular complexity index is 711. The van der Waals surface area contributed by atoms with Crippen LogP contribution in [0, 0.1) is 6.92 Å². The number of nitrogens with two attached hydrogens (primary N) is 2. The molecule has 0 bridgehead atoms. The quantitative estimate of drug-likeness (QED) is 0.188. The van der Waals surface area contributed by atoms with E-state index in [2.05, 4.69) is 9.51 Å². The predicted octanol–water partition coefficient (Wildman–Crippen LogP) is -3.17. The number of amides is 1. The van der Waals surface area contributed by atoms with Crippen LogP contribution in [-0.4, -0.2) is 62.2 Å². The molecular formula is C13H18MgN3O9P. The zero-order valence-corrected chi connectivity index (χ0v) is 16.7. The first-order valence-corrected chi connectivity index (χ1v) is 8.44. The Morgan fingerprint density at radius 1 is 1.48 bits per heavy atom. The van der Waals surface area contributed by atoms with E-state index in [1.807, 2.05) is 0 Å². The Hall–Kier alpha value is -1.60. The average molecular weight is 416 g/mol. The fourth-order valence-corrected chi connectivity index (χ4v) is 1.77. The second-order valence-electron chi connectivity index (χ2n) is 4.92. The zero-order valence-electron chi connectivity index (χ0n) is 14.4. The van der Waals surface area contributed by atoms with Gasteiger partial charge in [0.2, 0.25) is 5.91 Å². The van der Waals surface area contributed by atoms with Crippen molar-refractivity contribution in [1.82, 2.24) is 4.98 Å². The van der Waals surface area contributed by atoms with Gasteiger partial charge in [-0.05, 0) is 13.3 Å². The van der Waals surface area contributed by atoms with Crippen LogP contribution in [0.4, 0.5) is 0 Å². The molecule has 0 aliphatic rings. The zero-order chi connectivity index (χ0) is 20.5. The van der Waals surface area contributed by atoms with Gasteiger partial charge in [-0.2, -0.15) is 0 Å². The van der Waals surface area contributed by atoms with Gasteiger partial charge in [0.1, 0.15) is 5.75 Å². The van der Waals surface area contributed by atoms with E-state index in [0.29, 0.717) is 6.29 Å². The first-order valence-electron chi connectivity index (χ1n) is 6.94. The Kier molecular flexibility index (Phi) is 13.0. The molecule has 27 heavy (non-hydrogen) atoms. The molecule has 1 heterocycles. The standard InChI is InChI=1S/C8H10NO6P.C5H10N2O3.Mg/c1-5-8(11)7(3-10)6(2-9-5)4-15-16(12,13)14;6-3(5(9)10)1-2-4(7)8;/h2-3,11H,4H2,1H3,(H2,12,13,14);3H,1-2,6H2,(H2,7,8)(H,9,10);/q;;+2/p-2/t;3-;/m.0./s1. The molecule has 0 radical (unpaired) electrons. The second kappa shape index (κ2) is 12.7. The fourth-order valence-electron chi connectivity index (χ4n) is 1.47. The molecule has 1 aromatic rings. The summed E-state index contributed by atoms with van der Waals surface area (Å²) in [6.45, 7) is 0.920. The third kappa shape index (κ3) is 11.7. The number of rotatable bonds is 8. The molecule has 1 unspecified atom stereocenters. The van der Waals surface area contributed by atoms with E-state index in [1.54, 1.807) is 0 Å². The van der Waals surface area contributed by atoms with Crippen molar-refractivity contribution in [2.24, 2.45) is 11.5 Å². The summed E-state index contributed by atoms with van der Waals surface area (Å²) in [5, 5.41) is 19.4. The van der Waals surface area contributed by atoms with Gasteiger partial charge in [0.05, 0.1) is 23.8 Å². The first-order chi connectivity index (χ1) is 11.9. The van der Waals surface area contributed by atoms with Gasteiger partial charge < -0.3 is 40.8 Å². The normalized spacial score (nSPS) is 13.2. The van der Waals surface area contributed by atoms with Crippen LogP contribution in [0.1, 0.15) is 34.5 Å². The van der Waals surface area contributed by atoms with Crippen LogP contribution in [0.15, 0.2) is 6.20 Å². The molecule has 1 rings (SSSR count). The minimum absolute atomic E-state index is 0. The summed E-state index contributed by atoms with van der Waals surface area (Å²) in [6, 6.07) is -1.09. The number of aryl methyl sites for hydroxylation is 1. The fraction of sp³-hybridized carbons (Fsp3) is 0.385. The molecule has 12 nitrogen and oxygen atoms in total. The third-order valence-corrected chi connectivity index (χ3v) is 3.32. The Morgan fingerprint density at radius 2 is 2.04 bits per heavy atom. The van der Waals surface area contributed by atoms with E-state index < -0.39 is 32.3 Å². The average Bonchev–Trinajstić information content (AvgIpc) is 2.53. The molecule has 0 fully saturated rings. The first kappa shape index (κ1) is 27.6. The minimum Gasteiger partial charge on any atom is -0.756 e. The van der Waals surface area contributed by atoms with Crippen LogP contribution in [0.25, 0.3) is 0 Å². The molecule has 2 atom stereocenters. The number of nitrogens with zero attached hydrogens (tertiary/aromatic N) is 1. The molecule has 1 amide bonds. The monoisotopic (exact) mass is 415 g/mol. The van der Waals surface area contributed by atoms with Crippen molar-refractivity contribution in [1.29, 1.82) is 0 Å². The Labute approximate surface area is 170 Å². The number of phosphoric ester groups is 1. The number of aliphatic carboxylic acids is 1. The van der Waals surface area contributed by atoms with Gasteiger partial charge in [0.15, 0.2) is 6.29 Å². The molecular weight excluding hydrogens is 397 g/mol. The molecule has 14 heteroatoms. The summed E-state index contributed by atoms with van der Waals surface area (Å²) in [6.07, 6.45) is 1.57. The van der Waals surface area contributed by atoms with Crippen LogP contribution < -0.4 is 21.5 Å². The minimum atomic E-state index is -4.86. The molecule has 0 spiro atoms. The van der Waals surface area contributed by atoms with E-state index in [9.17, 15) is 34.1 Å². The number of hydrogen-bond donors (Lipinski definition) is 4. The van der Waals surface area contributed by atoms with Crippen molar-refractivity contribution < 1.29 is 43.5 Å². The summed E-state index contributed by atoms with van der Waals surface area (Å²) >= 11 is 0. The number of phosphoric acid groups is 1. The van der Waals surface area contributed by atoms with Crippen LogP contribution in [0.5, 0.6) is 5.75 Å². The van der Waals surface area contributed by atoms with Crippen molar-refractivity contribution in [3.63, 3.8) is 0 Å². The summed E-state index contributed by atoms with van der Waals surface area (Å²) in [5.74, 6) is -2.26. The topological polar surface area (TPSA) is 229 Å². The number of aromatic hydroxyl groups is 1. The van der Waals surface area contributed by atoms with Gasteiger partial charge in [-0.15, -0.1) is 0 Å². The van der Waals surface area contributed by atoms with Crippen molar-refractivity contribution in [3.8, 4) is 5.75 Å². The maximum Gasteiger partial charge on any atom is 2.00 e. The van der Waals surface area contributed by atoms with Crippen molar-refractivity contribution in [3.05, 3.63) is 23.0 Å². The summed E-state index contributed by atoms with van der Waals surface area (Å²) in [4.78, 5) is 53.1. The number of hydrogen-bond acceptors (Lipinski definition) is 10. The van der Waals surface area contributed by atoms with Crippen LogP contribution in [0.2, 0.25) is 0 Å². The number of carbonyl (C=O) groups is 3. The number of pyridine rings is 1. The van der Waals surface area contributed by atoms with E-state index in [-0.39, 0.29) is 58.5 Å². The number of carbonyl (C=O) groups excluding carboxylic acids is 3. The number of carboxylic acids is 1. The van der Waals surface area contributed by atoms with Gasteiger partial charge >= 0.3 is 23.1 Å². The molecule has 0 saturated heterocycles. The molecule has 0 aliphatic carbocycles. The predicted molar refractivity (Wildman–Crippen MR) is 87.8 cm³/mol. The summed E-state index contributed by atoms with van der Waals surface area (Å²) in [7, 11) is -4.86. The summed E-state index contributed by atoms with van der Waals surface area (Å²) in [5.41, 5.74) is 9.93. The van der Waals surface area contributed by atoms with Gasteiger partial charge in [0.25, 0.3) is 7.82 Å². The van der Waals surface area contributed by atoms with Crippen molar-refractivity contribution in [2.45, 2.75) is 32.4 Å². The Balaban J connectivity index is 0. The van der Waals surface area contributed by atoms with Gasteiger partial charge in [-0.3, -0.25) is 19.1 Å². The number of aromatic nitrogens is 1. The van der Waals surface area contributed by atoms with Crippen LogP contribution in [-0.2, 0) is 25.3 Å². The Morgan fingerprint density at radius 3 is 2.44 bits per heavy atom. The molecule has 0 saturated carbocycles. The summed E-state index contributed by atoms with van der Waals surface area (Å²) < 4.78 is 14.4. The van der Waals surface area contributed by atoms with Crippen LogP contribution in [0.3, 0.4) is 0 Å². The molecule has 0 aliphatic heterocycles. The number of carboxylic acid groups (broad SMARTS) is 1. The van der Waals surface area contributed by atoms with E-state index in [4.69, 9.17) is 16.4 Å². The smallest absolute Gasteiger partial charge is 0.756 e. The molecule has 6 N–H and O–H groups in total. The van der Waals surface area contributed by atoms with Gasteiger partial charge in [0, 0.05) is 24.2 Å². The van der Waals surface area contributed by atoms with E-state index in [0.717, 1.165) is 0 Å².